The molecule has 0 aliphatic carbocycles. The molecular formula is C25H20N3NaO3S. The van der Waals surface area contributed by atoms with E-state index in [4.69, 9.17) is 0 Å². The van der Waals surface area contributed by atoms with E-state index in [0.29, 0.717) is 5.13 Å². The molecule has 3 aromatic carbocycles. The van der Waals surface area contributed by atoms with E-state index in [9.17, 15) is 9.90 Å². The van der Waals surface area contributed by atoms with Crippen LogP contribution in [0, 0.1) is 0 Å². The van der Waals surface area contributed by atoms with E-state index in [0.717, 1.165) is 16.7 Å². The van der Waals surface area contributed by atoms with Crippen molar-refractivity contribution in [2.75, 3.05) is 12.4 Å². The predicted molar refractivity (Wildman–Crippen MR) is 123 cm³/mol. The molecule has 160 valence electrons. The molecule has 0 atom stereocenters. The van der Waals surface area contributed by atoms with Gasteiger partial charge in [0.05, 0.1) is 5.97 Å². The van der Waals surface area contributed by atoms with Crippen LogP contribution in [0.25, 0.3) is 0 Å². The summed E-state index contributed by atoms with van der Waals surface area (Å²) >= 11 is 1.28. The molecular weight excluding hydrogens is 445 g/mol. The average molecular weight is 466 g/mol. The number of hydrogen-bond acceptors (Lipinski definition) is 7. The Morgan fingerprint density at radius 2 is 1.36 bits per heavy atom. The Balaban J connectivity index is 0.00000306. The molecule has 0 saturated carbocycles. The molecule has 0 amide bonds. The Hall–Kier alpha value is -2.97. The van der Waals surface area contributed by atoms with Crippen LogP contribution in [0.4, 0.5) is 5.13 Å². The Labute approximate surface area is 218 Å². The summed E-state index contributed by atoms with van der Waals surface area (Å²) < 4.78 is 0. The second kappa shape index (κ2) is 11.2. The van der Waals surface area contributed by atoms with Crippen LogP contribution < -0.4 is 40.0 Å². The third kappa shape index (κ3) is 5.17. The van der Waals surface area contributed by atoms with Crippen molar-refractivity contribution in [1.29, 1.82) is 0 Å². The molecule has 0 fully saturated rings. The van der Waals surface area contributed by atoms with Crippen molar-refractivity contribution in [1.82, 2.24) is 4.98 Å². The van der Waals surface area contributed by atoms with Gasteiger partial charge in [0.15, 0.2) is 10.8 Å². The zero-order valence-electron chi connectivity index (χ0n) is 18.3. The van der Waals surface area contributed by atoms with E-state index in [1.54, 1.807) is 5.38 Å². The number of aromatic nitrogens is 1. The van der Waals surface area contributed by atoms with Crippen molar-refractivity contribution >= 4 is 28.1 Å². The van der Waals surface area contributed by atoms with E-state index in [1.807, 2.05) is 54.6 Å². The summed E-state index contributed by atoms with van der Waals surface area (Å²) in [6.45, 7) is 0. The number of carbonyl (C=O) groups is 1. The van der Waals surface area contributed by atoms with Crippen molar-refractivity contribution < 1.29 is 44.3 Å². The molecule has 0 bridgehead atoms. The van der Waals surface area contributed by atoms with Gasteiger partial charge in [-0.2, -0.15) is 0 Å². The number of nitrogens with one attached hydrogen (secondary N) is 1. The third-order valence-electron chi connectivity index (χ3n) is 5.04. The number of carboxylic acid groups (broad SMARTS) is 1. The van der Waals surface area contributed by atoms with E-state index >= 15 is 0 Å². The number of nitrogens with zero attached hydrogens (tertiary/aromatic N) is 2. The normalized spacial score (nSPS) is 11.4. The maximum absolute atomic E-state index is 11.5. The van der Waals surface area contributed by atoms with Crippen LogP contribution in [0.2, 0.25) is 0 Å². The van der Waals surface area contributed by atoms with Gasteiger partial charge < -0.3 is 20.1 Å². The summed E-state index contributed by atoms with van der Waals surface area (Å²) in [7, 11) is 1.28. The van der Waals surface area contributed by atoms with Crippen LogP contribution in [0.15, 0.2) is 102 Å². The second-order valence-electron chi connectivity index (χ2n) is 6.92. The van der Waals surface area contributed by atoms with Crippen molar-refractivity contribution in [3.63, 3.8) is 0 Å². The molecule has 0 aliphatic rings. The van der Waals surface area contributed by atoms with Crippen LogP contribution in [0.3, 0.4) is 0 Å². The number of thiazole rings is 1. The smallest absolute Gasteiger partial charge is 0.543 e. The molecule has 1 heterocycles. The van der Waals surface area contributed by atoms with Crippen LogP contribution >= 0.6 is 11.3 Å². The molecule has 1 N–H and O–H groups in total. The van der Waals surface area contributed by atoms with E-state index < -0.39 is 11.5 Å². The maximum atomic E-state index is 11.5. The van der Waals surface area contributed by atoms with Gasteiger partial charge in [0.1, 0.15) is 18.3 Å². The number of oxime groups is 1. The fourth-order valence-corrected chi connectivity index (χ4v) is 4.41. The van der Waals surface area contributed by atoms with Gasteiger partial charge in [-0.05, 0) is 16.7 Å². The fraction of sp³-hybridized carbons (Fsp3) is 0.0800. The molecule has 8 heteroatoms. The monoisotopic (exact) mass is 465 g/mol. The molecule has 0 unspecified atom stereocenters. The Morgan fingerprint density at radius 3 is 1.76 bits per heavy atom. The topological polar surface area (TPSA) is 86.6 Å². The number of anilines is 1. The van der Waals surface area contributed by atoms with Crippen LogP contribution in [0.5, 0.6) is 0 Å². The molecule has 0 spiro atoms. The van der Waals surface area contributed by atoms with E-state index in [2.05, 4.69) is 56.7 Å². The molecule has 33 heavy (non-hydrogen) atoms. The number of rotatable bonds is 8. The largest absolute Gasteiger partial charge is 1.00 e. The van der Waals surface area contributed by atoms with Crippen LogP contribution in [0.1, 0.15) is 22.4 Å². The second-order valence-corrected chi connectivity index (χ2v) is 7.78. The number of aliphatic carboxylic acids is 1. The van der Waals surface area contributed by atoms with Gasteiger partial charge in [0.25, 0.3) is 0 Å². The van der Waals surface area contributed by atoms with Crippen LogP contribution in [-0.2, 0) is 15.2 Å². The van der Waals surface area contributed by atoms with Gasteiger partial charge in [0.2, 0.25) is 0 Å². The van der Waals surface area contributed by atoms with Crippen molar-refractivity contribution in [3.8, 4) is 0 Å². The predicted octanol–water partition coefficient (Wildman–Crippen LogP) is 0.651. The number of hydrogen-bond donors (Lipinski definition) is 1. The van der Waals surface area contributed by atoms with Gasteiger partial charge in [-0.25, -0.2) is 4.98 Å². The van der Waals surface area contributed by atoms with Gasteiger partial charge in [-0.15, -0.1) is 11.3 Å². The first-order valence-corrected chi connectivity index (χ1v) is 10.8. The van der Waals surface area contributed by atoms with Crippen molar-refractivity contribution in [3.05, 3.63) is 119 Å². The zero-order chi connectivity index (χ0) is 22.4. The van der Waals surface area contributed by atoms with Crippen LogP contribution in [-0.4, -0.2) is 23.8 Å². The fourth-order valence-electron chi connectivity index (χ4n) is 3.66. The summed E-state index contributed by atoms with van der Waals surface area (Å²) in [5, 5.41) is 20.8. The summed E-state index contributed by atoms with van der Waals surface area (Å²) in [6.07, 6.45) is 0. The standard InChI is InChI=1S/C25H21N3O3S.Na/c1-31-28-22(23(29)30)21-17-32-24(26-21)27-25(18-11-5-2-6-12-18,19-13-7-3-8-14-19)20-15-9-4-10-16-20;/h2-17H,1H3,(H,26,27)(H,29,30);/q;+1/p-1/b28-22-;. The van der Waals surface area contributed by atoms with E-state index in [1.165, 1.54) is 18.4 Å². The Bertz CT molecular complexity index is 1120. The molecule has 6 nitrogen and oxygen atoms in total. The van der Waals surface area contributed by atoms with Crippen molar-refractivity contribution in [2.45, 2.75) is 5.54 Å². The van der Waals surface area contributed by atoms with E-state index in [-0.39, 0.29) is 41.0 Å². The van der Waals surface area contributed by atoms with Gasteiger partial charge in [0, 0.05) is 5.38 Å². The summed E-state index contributed by atoms with van der Waals surface area (Å²) in [6, 6.07) is 30.2. The SMILES string of the molecule is CO/N=C(\C(=O)[O-])c1csc(NC(c2ccccc2)(c2ccccc2)c2ccccc2)n1.[Na+]. The number of carboxylic acids is 1. The first-order chi connectivity index (χ1) is 15.6. The molecule has 0 radical (unpaired) electrons. The third-order valence-corrected chi connectivity index (χ3v) is 5.80. The first kappa shape index (κ1) is 24.7. The number of benzene rings is 3. The minimum atomic E-state index is -1.45. The summed E-state index contributed by atoms with van der Waals surface area (Å²) in [5.41, 5.74) is 2.09. The molecule has 4 rings (SSSR count). The maximum Gasteiger partial charge on any atom is 1.00 e. The zero-order valence-corrected chi connectivity index (χ0v) is 21.1. The molecule has 0 saturated heterocycles. The molecule has 0 aliphatic heterocycles. The van der Waals surface area contributed by atoms with Gasteiger partial charge >= 0.3 is 29.6 Å². The summed E-state index contributed by atoms with van der Waals surface area (Å²) in [4.78, 5) is 20.6. The molecule has 1 aromatic heterocycles. The number of carbonyl (C=O) groups excluding carboxylic acids is 1. The molecule has 4 aromatic rings. The minimum absolute atomic E-state index is 0. The average Bonchev–Trinajstić information content (AvgIpc) is 3.30. The van der Waals surface area contributed by atoms with Crippen molar-refractivity contribution in [2.24, 2.45) is 5.16 Å². The van der Waals surface area contributed by atoms with Gasteiger partial charge in [-0.1, -0.05) is 96.2 Å². The first-order valence-electron chi connectivity index (χ1n) is 9.88. The quantitative estimate of drug-likeness (QED) is 0.179. The summed E-state index contributed by atoms with van der Waals surface area (Å²) in [5.74, 6) is -1.45. The minimum Gasteiger partial charge on any atom is -0.543 e. The Morgan fingerprint density at radius 1 is 0.909 bits per heavy atom. The van der Waals surface area contributed by atoms with Gasteiger partial charge in [-0.3, -0.25) is 0 Å². The Kier molecular flexibility index (Phi) is 8.41.